The molecule has 124 valence electrons. The molecule has 0 radical (unpaired) electrons. The highest BCUT2D eigenvalue weighted by molar-refractivity contribution is 7.89. The molecule has 23 heavy (non-hydrogen) atoms. The van der Waals surface area contributed by atoms with Crippen LogP contribution in [0.25, 0.3) is 11.3 Å². The summed E-state index contributed by atoms with van der Waals surface area (Å²) in [5, 5.41) is 3.87. The third kappa shape index (κ3) is 3.17. The number of hydrogen-bond acceptors (Lipinski definition) is 5. The fourth-order valence-corrected chi connectivity index (χ4v) is 4.39. The van der Waals surface area contributed by atoms with Gasteiger partial charge in [-0.1, -0.05) is 24.2 Å². The van der Waals surface area contributed by atoms with Crippen LogP contribution in [0.5, 0.6) is 0 Å². The molecule has 0 amide bonds. The molecule has 1 aliphatic rings. The molecule has 2 heterocycles. The molecule has 7 heteroatoms. The average Bonchev–Trinajstić information content (AvgIpc) is 3.01. The summed E-state index contributed by atoms with van der Waals surface area (Å²) in [5.74, 6) is 0.573. The van der Waals surface area contributed by atoms with E-state index < -0.39 is 10.0 Å². The highest BCUT2D eigenvalue weighted by Gasteiger charge is 2.28. The second kappa shape index (κ2) is 6.43. The monoisotopic (exact) mass is 336 g/mol. The molecule has 0 saturated carbocycles. The molecule has 0 N–H and O–H groups in total. The third-order valence-electron chi connectivity index (χ3n) is 3.95. The molecule has 6 nitrogen and oxygen atoms in total. The maximum absolute atomic E-state index is 13.0. The fourth-order valence-electron chi connectivity index (χ4n) is 2.67. The Morgan fingerprint density at radius 1 is 1.22 bits per heavy atom. The number of rotatable bonds is 4. The molecule has 0 aliphatic carbocycles. The van der Waals surface area contributed by atoms with Crippen molar-refractivity contribution in [3.63, 3.8) is 0 Å². The molecule has 1 aromatic carbocycles. The van der Waals surface area contributed by atoms with E-state index in [-0.39, 0.29) is 0 Å². The van der Waals surface area contributed by atoms with Gasteiger partial charge >= 0.3 is 0 Å². The van der Waals surface area contributed by atoms with E-state index in [0.29, 0.717) is 43.4 Å². The van der Waals surface area contributed by atoms with Crippen LogP contribution in [0.2, 0.25) is 0 Å². The number of ether oxygens (including phenoxy) is 1. The summed E-state index contributed by atoms with van der Waals surface area (Å²) < 4.78 is 38.0. The van der Waals surface area contributed by atoms with E-state index in [1.54, 1.807) is 12.1 Å². The first-order valence-electron chi connectivity index (χ1n) is 7.67. The van der Waals surface area contributed by atoms with Gasteiger partial charge in [0.25, 0.3) is 0 Å². The van der Waals surface area contributed by atoms with Gasteiger partial charge in [-0.05, 0) is 25.0 Å². The lowest BCUT2D eigenvalue weighted by Gasteiger charge is -2.27. The van der Waals surface area contributed by atoms with E-state index in [0.717, 1.165) is 16.8 Å². The van der Waals surface area contributed by atoms with Gasteiger partial charge in [0.2, 0.25) is 10.0 Å². The lowest BCUT2D eigenvalue weighted by Crippen LogP contribution is -2.40. The number of sulfonamides is 1. The summed E-state index contributed by atoms with van der Waals surface area (Å²) in [5.41, 5.74) is 2.28. The van der Waals surface area contributed by atoms with Crippen molar-refractivity contribution < 1.29 is 17.7 Å². The quantitative estimate of drug-likeness (QED) is 0.856. The number of nitrogens with zero attached hydrogens (tertiary/aromatic N) is 2. The minimum atomic E-state index is -3.54. The molecule has 0 unspecified atom stereocenters. The highest BCUT2D eigenvalue weighted by Crippen LogP contribution is 2.28. The Morgan fingerprint density at radius 3 is 2.57 bits per heavy atom. The van der Waals surface area contributed by atoms with Gasteiger partial charge < -0.3 is 9.26 Å². The van der Waals surface area contributed by atoms with Crippen LogP contribution in [0, 0.1) is 6.92 Å². The molecule has 0 spiro atoms. The zero-order chi connectivity index (χ0) is 16.4. The molecule has 2 aromatic rings. The van der Waals surface area contributed by atoms with Crippen LogP contribution in [0.4, 0.5) is 0 Å². The normalized spacial score (nSPS) is 16.6. The number of hydrogen-bond donors (Lipinski definition) is 0. The topological polar surface area (TPSA) is 72.6 Å². The molecular formula is C16H20N2O4S. The van der Waals surface area contributed by atoms with Gasteiger partial charge in [-0.25, -0.2) is 8.42 Å². The smallest absolute Gasteiger partial charge is 0.243 e. The third-order valence-corrected chi connectivity index (χ3v) is 5.93. The number of aromatic nitrogens is 1. The van der Waals surface area contributed by atoms with Crippen LogP contribution in [0.1, 0.15) is 18.2 Å². The van der Waals surface area contributed by atoms with Crippen molar-refractivity contribution in [2.24, 2.45) is 0 Å². The van der Waals surface area contributed by atoms with Crippen LogP contribution in [-0.2, 0) is 21.2 Å². The van der Waals surface area contributed by atoms with Crippen molar-refractivity contribution >= 4 is 10.0 Å². The number of morpholine rings is 1. The zero-order valence-corrected chi connectivity index (χ0v) is 14.1. The maximum atomic E-state index is 13.0. The molecule has 3 rings (SSSR count). The molecule has 1 aromatic heterocycles. The van der Waals surface area contributed by atoms with Crippen LogP contribution < -0.4 is 0 Å². The van der Waals surface area contributed by atoms with Gasteiger partial charge in [-0.2, -0.15) is 4.31 Å². The summed E-state index contributed by atoms with van der Waals surface area (Å²) in [6.45, 7) is 5.42. The number of benzene rings is 1. The Balaban J connectivity index is 2.05. The van der Waals surface area contributed by atoms with Gasteiger partial charge in [0.05, 0.1) is 23.8 Å². The van der Waals surface area contributed by atoms with E-state index in [1.807, 2.05) is 26.0 Å². The average molecular weight is 336 g/mol. The Bertz CT molecular complexity index is 792. The standard InChI is InChI=1S/C16H20N2O4S/c1-3-13-4-5-14(15-10-12(2)17-22-15)11-16(13)23(19,20)18-6-8-21-9-7-18/h4-5,10-11H,3,6-9H2,1-2H3. The Morgan fingerprint density at radius 2 is 1.96 bits per heavy atom. The largest absolute Gasteiger partial charge is 0.379 e. The molecule has 1 aliphatic heterocycles. The molecule has 0 atom stereocenters. The predicted octanol–water partition coefficient (Wildman–Crippen LogP) is 2.23. The van der Waals surface area contributed by atoms with E-state index >= 15 is 0 Å². The van der Waals surface area contributed by atoms with E-state index in [1.165, 1.54) is 4.31 Å². The first-order chi connectivity index (χ1) is 11.0. The van der Waals surface area contributed by atoms with Gasteiger partial charge in [0.1, 0.15) is 0 Å². The SMILES string of the molecule is CCc1ccc(-c2cc(C)no2)cc1S(=O)(=O)N1CCOCC1. The van der Waals surface area contributed by atoms with Crippen molar-refractivity contribution in [1.29, 1.82) is 0 Å². The van der Waals surface area contributed by atoms with Gasteiger partial charge in [0, 0.05) is 24.7 Å². The van der Waals surface area contributed by atoms with Crippen molar-refractivity contribution in [3.05, 3.63) is 35.5 Å². The number of aryl methyl sites for hydroxylation is 2. The summed E-state index contributed by atoms with van der Waals surface area (Å²) in [7, 11) is -3.54. The van der Waals surface area contributed by atoms with Crippen LogP contribution in [-0.4, -0.2) is 44.2 Å². The lowest BCUT2D eigenvalue weighted by atomic mass is 10.1. The maximum Gasteiger partial charge on any atom is 0.243 e. The highest BCUT2D eigenvalue weighted by atomic mass is 32.2. The first-order valence-corrected chi connectivity index (χ1v) is 9.11. The minimum Gasteiger partial charge on any atom is -0.379 e. The first kappa shape index (κ1) is 16.2. The summed E-state index contributed by atoms with van der Waals surface area (Å²) in [4.78, 5) is 0.341. The molecule has 0 bridgehead atoms. The van der Waals surface area contributed by atoms with Crippen LogP contribution in [0.3, 0.4) is 0 Å². The second-order valence-electron chi connectivity index (χ2n) is 5.53. The lowest BCUT2D eigenvalue weighted by molar-refractivity contribution is 0.0730. The predicted molar refractivity (Wildman–Crippen MR) is 85.6 cm³/mol. The Labute approximate surface area is 136 Å². The van der Waals surface area contributed by atoms with Crippen molar-refractivity contribution in [1.82, 2.24) is 9.46 Å². The summed E-state index contributed by atoms with van der Waals surface area (Å²) >= 11 is 0. The van der Waals surface area contributed by atoms with E-state index in [9.17, 15) is 8.42 Å². The molecule has 1 saturated heterocycles. The Kier molecular flexibility index (Phi) is 4.52. The Hall–Kier alpha value is -1.70. The van der Waals surface area contributed by atoms with Crippen molar-refractivity contribution in [3.8, 4) is 11.3 Å². The molecular weight excluding hydrogens is 316 g/mol. The second-order valence-corrected chi connectivity index (χ2v) is 7.43. The van der Waals surface area contributed by atoms with Gasteiger partial charge in [-0.3, -0.25) is 0 Å². The zero-order valence-electron chi connectivity index (χ0n) is 13.3. The summed E-state index contributed by atoms with van der Waals surface area (Å²) in [6, 6.07) is 7.20. The van der Waals surface area contributed by atoms with E-state index in [2.05, 4.69) is 5.16 Å². The van der Waals surface area contributed by atoms with Crippen molar-refractivity contribution in [2.45, 2.75) is 25.2 Å². The van der Waals surface area contributed by atoms with Gasteiger partial charge in [0.15, 0.2) is 5.76 Å². The van der Waals surface area contributed by atoms with Crippen LogP contribution in [0.15, 0.2) is 33.7 Å². The van der Waals surface area contributed by atoms with E-state index in [4.69, 9.17) is 9.26 Å². The van der Waals surface area contributed by atoms with Crippen molar-refractivity contribution in [2.75, 3.05) is 26.3 Å². The van der Waals surface area contributed by atoms with Gasteiger partial charge in [-0.15, -0.1) is 0 Å². The fraction of sp³-hybridized carbons (Fsp3) is 0.438. The summed E-state index contributed by atoms with van der Waals surface area (Å²) in [6.07, 6.45) is 0.647. The minimum absolute atomic E-state index is 0.341. The van der Waals surface area contributed by atoms with Crippen LogP contribution >= 0.6 is 0 Å². The molecule has 1 fully saturated rings.